The number of carbonyl (C=O) groups is 1. The van der Waals surface area contributed by atoms with Crippen molar-refractivity contribution >= 4 is 17.7 Å². The Morgan fingerprint density at radius 2 is 1.73 bits per heavy atom. The van der Waals surface area contributed by atoms with Crippen molar-refractivity contribution in [2.45, 2.75) is 25.8 Å². The minimum absolute atomic E-state index is 0.138. The van der Waals surface area contributed by atoms with Crippen LogP contribution in [0.3, 0.4) is 0 Å². The predicted molar refractivity (Wildman–Crippen MR) is 90.9 cm³/mol. The van der Waals surface area contributed by atoms with Gasteiger partial charge in [-0.1, -0.05) is 41.6 Å². The molecule has 2 aromatic rings. The summed E-state index contributed by atoms with van der Waals surface area (Å²) in [7, 11) is 0. The van der Waals surface area contributed by atoms with Crippen LogP contribution in [0.4, 0.5) is 0 Å². The van der Waals surface area contributed by atoms with Crippen LogP contribution in [-0.4, -0.2) is 39.8 Å². The molecule has 0 aliphatic rings. The number of aryl methyl sites for hydroxylation is 1. The van der Waals surface area contributed by atoms with Gasteiger partial charge in [0.15, 0.2) is 0 Å². The van der Waals surface area contributed by atoms with Gasteiger partial charge in [0, 0.05) is 18.7 Å². The Labute approximate surface area is 135 Å². The van der Waals surface area contributed by atoms with Gasteiger partial charge in [0.05, 0.1) is 11.4 Å². The number of hydrogen-bond donors (Lipinski definition) is 0. The second-order valence-electron chi connectivity index (χ2n) is 4.98. The van der Waals surface area contributed by atoms with Gasteiger partial charge in [0.1, 0.15) is 5.03 Å². The lowest BCUT2D eigenvalue weighted by atomic mass is 10.1. The van der Waals surface area contributed by atoms with Crippen LogP contribution < -0.4 is 0 Å². The van der Waals surface area contributed by atoms with Crippen LogP contribution in [-0.2, 0) is 4.79 Å². The average molecular weight is 315 g/mol. The molecule has 22 heavy (non-hydrogen) atoms. The van der Waals surface area contributed by atoms with Gasteiger partial charge < -0.3 is 4.90 Å². The molecule has 0 unspecified atom stereocenters. The highest BCUT2D eigenvalue weighted by molar-refractivity contribution is 7.99. The van der Waals surface area contributed by atoms with E-state index in [1.54, 1.807) is 0 Å². The van der Waals surface area contributed by atoms with Crippen LogP contribution in [0.25, 0.3) is 11.3 Å². The molecule has 0 saturated heterocycles. The number of rotatable bonds is 6. The molecule has 0 aliphatic heterocycles. The third kappa shape index (κ3) is 4.31. The van der Waals surface area contributed by atoms with Gasteiger partial charge in [-0.05, 0) is 32.9 Å². The van der Waals surface area contributed by atoms with Crippen molar-refractivity contribution < 1.29 is 4.79 Å². The Bertz CT molecular complexity index is 607. The fraction of sp³-hybridized carbons (Fsp3) is 0.353. The number of aromatic nitrogens is 2. The van der Waals surface area contributed by atoms with E-state index in [9.17, 15) is 4.79 Å². The lowest BCUT2D eigenvalue weighted by Gasteiger charge is -2.17. The van der Waals surface area contributed by atoms with E-state index < -0.39 is 0 Å². The molecule has 0 N–H and O–H groups in total. The minimum Gasteiger partial charge on any atom is -0.343 e. The zero-order chi connectivity index (χ0) is 15.9. The summed E-state index contributed by atoms with van der Waals surface area (Å²) in [5, 5.41) is 9.22. The number of carbonyl (C=O) groups excluding carboxylic acids is 1. The molecule has 2 rings (SSSR count). The molecule has 1 heterocycles. The van der Waals surface area contributed by atoms with Crippen molar-refractivity contribution in [3.05, 3.63) is 42.0 Å². The second-order valence-corrected chi connectivity index (χ2v) is 5.97. The summed E-state index contributed by atoms with van der Waals surface area (Å²) in [5.74, 6) is 0.541. The highest BCUT2D eigenvalue weighted by Gasteiger charge is 2.10. The van der Waals surface area contributed by atoms with Crippen LogP contribution in [0.1, 0.15) is 19.4 Å². The molecule has 0 aliphatic carbocycles. The quantitative estimate of drug-likeness (QED) is 0.766. The van der Waals surface area contributed by atoms with Crippen molar-refractivity contribution in [2.24, 2.45) is 0 Å². The average Bonchev–Trinajstić information content (AvgIpc) is 2.55. The predicted octanol–water partition coefficient (Wildman–Crippen LogP) is 3.41. The van der Waals surface area contributed by atoms with Gasteiger partial charge >= 0.3 is 0 Å². The van der Waals surface area contributed by atoms with Crippen LogP contribution in [0, 0.1) is 6.92 Å². The standard InChI is InChI=1S/C17H21N3OS/c1-4-20(5-2)17(21)12-22-16-11-10-15(18-19-16)14-8-6-13(3)7-9-14/h6-11H,4-5,12H2,1-3H3. The Kier molecular flexibility index (Phi) is 5.95. The van der Waals surface area contributed by atoms with Gasteiger partial charge in [-0.3, -0.25) is 4.79 Å². The molecule has 0 saturated carbocycles. The third-order valence-electron chi connectivity index (χ3n) is 3.45. The molecule has 0 spiro atoms. The van der Waals surface area contributed by atoms with E-state index in [1.807, 2.05) is 43.0 Å². The molecule has 116 valence electrons. The summed E-state index contributed by atoms with van der Waals surface area (Å²) in [6.45, 7) is 7.52. The zero-order valence-corrected chi connectivity index (χ0v) is 14.1. The molecule has 0 fully saturated rings. The number of nitrogens with zero attached hydrogens (tertiary/aromatic N) is 3. The van der Waals surface area contributed by atoms with E-state index in [4.69, 9.17) is 0 Å². The smallest absolute Gasteiger partial charge is 0.232 e. The zero-order valence-electron chi connectivity index (χ0n) is 13.2. The van der Waals surface area contributed by atoms with Crippen molar-refractivity contribution in [3.63, 3.8) is 0 Å². The van der Waals surface area contributed by atoms with Crippen LogP contribution in [0.15, 0.2) is 41.4 Å². The van der Waals surface area contributed by atoms with Crippen LogP contribution in [0.5, 0.6) is 0 Å². The van der Waals surface area contributed by atoms with E-state index in [1.165, 1.54) is 17.3 Å². The maximum absolute atomic E-state index is 12.0. The largest absolute Gasteiger partial charge is 0.343 e. The molecule has 1 aromatic carbocycles. The van der Waals surface area contributed by atoms with Crippen molar-refractivity contribution in [1.29, 1.82) is 0 Å². The number of benzene rings is 1. The molecule has 4 nitrogen and oxygen atoms in total. The molecule has 1 aromatic heterocycles. The molecule has 0 bridgehead atoms. The van der Waals surface area contributed by atoms with Gasteiger partial charge in [-0.15, -0.1) is 10.2 Å². The van der Waals surface area contributed by atoms with Crippen LogP contribution >= 0.6 is 11.8 Å². The Morgan fingerprint density at radius 3 is 2.27 bits per heavy atom. The summed E-state index contributed by atoms with van der Waals surface area (Å²) in [6.07, 6.45) is 0. The molecule has 5 heteroatoms. The Balaban J connectivity index is 1.97. The van der Waals surface area contributed by atoms with E-state index in [0.717, 1.165) is 29.4 Å². The number of amides is 1. The first kappa shape index (κ1) is 16.5. The topological polar surface area (TPSA) is 46.1 Å². The van der Waals surface area contributed by atoms with E-state index in [2.05, 4.69) is 29.3 Å². The molecular weight excluding hydrogens is 294 g/mol. The molecule has 1 amide bonds. The van der Waals surface area contributed by atoms with Crippen molar-refractivity contribution in [2.75, 3.05) is 18.8 Å². The molecular formula is C17H21N3OS. The van der Waals surface area contributed by atoms with E-state index >= 15 is 0 Å². The van der Waals surface area contributed by atoms with Gasteiger partial charge in [0.25, 0.3) is 0 Å². The first-order chi connectivity index (χ1) is 10.6. The maximum atomic E-state index is 12.0. The maximum Gasteiger partial charge on any atom is 0.232 e. The Hall–Kier alpha value is -1.88. The monoisotopic (exact) mass is 315 g/mol. The van der Waals surface area contributed by atoms with Crippen molar-refractivity contribution in [3.8, 4) is 11.3 Å². The number of hydrogen-bond acceptors (Lipinski definition) is 4. The fourth-order valence-corrected chi connectivity index (χ4v) is 2.80. The first-order valence-corrected chi connectivity index (χ1v) is 8.44. The lowest BCUT2D eigenvalue weighted by molar-refractivity contribution is -0.127. The highest BCUT2D eigenvalue weighted by Crippen LogP contribution is 2.20. The SMILES string of the molecule is CCN(CC)C(=O)CSc1ccc(-c2ccc(C)cc2)nn1. The summed E-state index contributed by atoms with van der Waals surface area (Å²) in [6, 6.07) is 12.1. The van der Waals surface area contributed by atoms with Crippen molar-refractivity contribution in [1.82, 2.24) is 15.1 Å². The van der Waals surface area contributed by atoms with Crippen LogP contribution in [0.2, 0.25) is 0 Å². The van der Waals surface area contributed by atoms with Gasteiger partial charge in [0.2, 0.25) is 5.91 Å². The van der Waals surface area contributed by atoms with E-state index in [0.29, 0.717) is 5.75 Å². The molecule has 0 radical (unpaired) electrons. The second kappa shape index (κ2) is 7.94. The summed E-state index contributed by atoms with van der Waals surface area (Å²) in [5.41, 5.74) is 3.12. The molecule has 0 atom stereocenters. The lowest BCUT2D eigenvalue weighted by Crippen LogP contribution is -2.31. The number of thioether (sulfide) groups is 1. The Morgan fingerprint density at radius 1 is 1.05 bits per heavy atom. The van der Waals surface area contributed by atoms with Gasteiger partial charge in [-0.2, -0.15) is 0 Å². The van der Waals surface area contributed by atoms with E-state index in [-0.39, 0.29) is 5.91 Å². The highest BCUT2D eigenvalue weighted by atomic mass is 32.2. The first-order valence-electron chi connectivity index (χ1n) is 7.45. The summed E-state index contributed by atoms with van der Waals surface area (Å²) >= 11 is 1.43. The van der Waals surface area contributed by atoms with Gasteiger partial charge in [-0.25, -0.2) is 0 Å². The minimum atomic E-state index is 0.138. The summed E-state index contributed by atoms with van der Waals surface area (Å²) < 4.78 is 0. The normalized spacial score (nSPS) is 10.5. The fourth-order valence-electron chi connectivity index (χ4n) is 2.08. The summed E-state index contributed by atoms with van der Waals surface area (Å²) in [4.78, 5) is 13.8. The third-order valence-corrected chi connectivity index (χ3v) is 4.35.